The van der Waals surface area contributed by atoms with Gasteiger partial charge in [0.1, 0.15) is 0 Å². The van der Waals surface area contributed by atoms with Gasteiger partial charge in [0.25, 0.3) is 0 Å². The number of fused-ring (bicyclic) bond motifs is 1. The van der Waals surface area contributed by atoms with Crippen molar-refractivity contribution >= 4 is 22.8 Å². The maximum absolute atomic E-state index is 11.2. The summed E-state index contributed by atoms with van der Waals surface area (Å²) in [6.45, 7) is 0. The Morgan fingerprint density at radius 3 is 2.76 bits per heavy atom. The standard InChI is InChI=1S/C16H19N3O2/c20-14(21)10-16(8-4-1-5-9-16)19-15-17-11-12-6-2-3-7-13(12)18-15/h2-3,6-7,11H,1,4-5,8-10H2,(H,20,21)(H,17,18,19). The zero-order valence-corrected chi connectivity index (χ0v) is 11.9. The molecule has 0 saturated heterocycles. The first-order valence-electron chi connectivity index (χ1n) is 7.39. The molecule has 0 aliphatic heterocycles. The summed E-state index contributed by atoms with van der Waals surface area (Å²) in [4.78, 5) is 20.0. The lowest BCUT2D eigenvalue weighted by molar-refractivity contribution is -0.138. The van der Waals surface area contributed by atoms with Crippen LogP contribution in [0.4, 0.5) is 5.95 Å². The van der Waals surface area contributed by atoms with Crippen molar-refractivity contribution in [3.05, 3.63) is 30.5 Å². The molecule has 2 N–H and O–H groups in total. The molecule has 0 unspecified atom stereocenters. The molecule has 1 aromatic heterocycles. The van der Waals surface area contributed by atoms with Crippen LogP contribution in [0, 0.1) is 0 Å². The maximum Gasteiger partial charge on any atom is 0.305 e. The molecule has 1 aliphatic carbocycles. The number of para-hydroxylation sites is 1. The molecular weight excluding hydrogens is 266 g/mol. The normalized spacial score (nSPS) is 17.5. The molecule has 3 rings (SSSR count). The van der Waals surface area contributed by atoms with Crippen molar-refractivity contribution in [2.45, 2.75) is 44.1 Å². The molecule has 1 aromatic carbocycles. The highest BCUT2D eigenvalue weighted by atomic mass is 16.4. The van der Waals surface area contributed by atoms with Crippen molar-refractivity contribution in [1.82, 2.24) is 9.97 Å². The van der Waals surface area contributed by atoms with Gasteiger partial charge in [0.15, 0.2) is 0 Å². The van der Waals surface area contributed by atoms with Crippen LogP contribution in [0.5, 0.6) is 0 Å². The van der Waals surface area contributed by atoms with Crippen LogP contribution < -0.4 is 5.32 Å². The van der Waals surface area contributed by atoms with Gasteiger partial charge in [-0.15, -0.1) is 0 Å². The number of benzene rings is 1. The van der Waals surface area contributed by atoms with Crippen molar-refractivity contribution < 1.29 is 9.90 Å². The monoisotopic (exact) mass is 285 g/mol. The Balaban J connectivity index is 1.88. The Hall–Kier alpha value is -2.17. The van der Waals surface area contributed by atoms with E-state index in [1.807, 2.05) is 24.3 Å². The fourth-order valence-corrected chi connectivity index (χ4v) is 3.13. The number of aromatic nitrogens is 2. The van der Waals surface area contributed by atoms with Crippen LogP contribution in [-0.4, -0.2) is 26.6 Å². The highest BCUT2D eigenvalue weighted by Crippen LogP contribution is 2.33. The van der Waals surface area contributed by atoms with Gasteiger partial charge in [-0.3, -0.25) is 4.79 Å². The average molecular weight is 285 g/mol. The summed E-state index contributed by atoms with van der Waals surface area (Å²) in [7, 11) is 0. The zero-order chi connectivity index (χ0) is 14.7. The molecule has 1 saturated carbocycles. The van der Waals surface area contributed by atoms with E-state index in [9.17, 15) is 9.90 Å². The number of nitrogens with zero attached hydrogens (tertiary/aromatic N) is 2. The molecule has 0 spiro atoms. The Bertz CT molecular complexity index is 651. The van der Waals surface area contributed by atoms with E-state index in [4.69, 9.17) is 0 Å². The van der Waals surface area contributed by atoms with E-state index in [0.717, 1.165) is 36.6 Å². The molecule has 1 heterocycles. The molecular formula is C16H19N3O2. The Morgan fingerprint density at radius 2 is 2.00 bits per heavy atom. The zero-order valence-electron chi connectivity index (χ0n) is 11.9. The van der Waals surface area contributed by atoms with E-state index >= 15 is 0 Å². The number of carbonyl (C=O) groups is 1. The molecule has 1 aliphatic rings. The van der Waals surface area contributed by atoms with E-state index in [2.05, 4.69) is 15.3 Å². The minimum absolute atomic E-state index is 0.114. The Morgan fingerprint density at radius 1 is 1.24 bits per heavy atom. The number of anilines is 1. The number of rotatable bonds is 4. The second-order valence-corrected chi connectivity index (χ2v) is 5.79. The van der Waals surface area contributed by atoms with Crippen LogP contribution in [0.3, 0.4) is 0 Å². The van der Waals surface area contributed by atoms with Crippen LogP contribution >= 0.6 is 0 Å². The second-order valence-electron chi connectivity index (χ2n) is 5.79. The molecule has 1 fully saturated rings. The molecule has 0 bridgehead atoms. The molecule has 5 nitrogen and oxygen atoms in total. The van der Waals surface area contributed by atoms with E-state index in [1.54, 1.807) is 6.20 Å². The van der Waals surface area contributed by atoms with Crippen molar-refractivity contribution in [3.8, 4) is 0 Å². The first-order valence-corrected chi connectivity index (χ1v) is 7.39. The summed E-state index contributed by atoms with van der Waals surface area (Å²) in [5.41, 5.74) is 0.461. The number of hydrogen-bond donors (Lipinski definition) is 2. The summed E-state index contributed by atoms with van der Waals surface area (Å²) >= 11 is 0. The van der Waals surface area contributed by atoms with Crippen molar-refractivity contribution in [1.29, 1.82) is 0 Å². The topological polar surface area (TPSA) is 75.1 Å². The van der Waals surface area contributed by atoms with Gasteiger partial charge in [-0.05, 0) is 18.9 Å². The lowest BCUT2D eigenvalue weighted by atomic mass is 9.79. The van der Waals surface area contributed by atoms with Gasteiger partial charge < -0.3 is 10.4 Å². The third kappa shape index (κ3) is 3.12. The Kier molecular flexibility index (Phi) is 3.73. The van der Waals surface area contributed by atoms with Crippen molar-refractivity contribution in [3.63, 3.8) is 0 Å². The summed E-state index contributed by atoms with van der Waals surface area (Å²) in [5.74, 6) is -0.248. The van der Waals surface area contributed by atoms with Crippen molar-refractivity contribution in [2.75, 3.05) is 5.32 Å². The summed E-state index contributed by atoms with van der Waals surface area (Å²) in [5, 5.41) is 13.5. The van der Waals surface area contributed by atoms with Crippen LogP contribution in [0.1, 0.15) is 38.5 Å². The summed E-state index contributed by atoms with van der Waals surface area (Å²) in [6, 6.07) is 7.79. The van der Waals surface area contributed by atoms with Gasteiger partial charge >= 0.3 is 5.97 Å². The third-order valence-corrected chi connectivity index (χ3v) is 4.17. The van der Waals surface area contributed by atoms with Crippen molar-refractivity contribution in [2.24, 2.45) is 0 Å². The fourth-order valence-electron chi connectivity index (χ4n) is 3.13. The fraction of sp³-hybridized carbons (Fsp3) is 0.438. The third-order valence-electron chi connectivity index (χ3n) is 4.17. The number of carboxylic acid groups (broad SMARTS) is 1. The minimum atomic E-state index is -0.773. The summed E-state index contributed by atoms with van der Waals surface area (Å²) in [6.07, 6.45) is 6.87. The van der Waals surface area contributed by atoms with Gasteiger partial charge in [-0.25, -0.2) is 9.97 Å². The lowest BCUT2D eigenvalue weighted by Gasteiger charge is -2.37. The molecule has 110 valence electrons. The van der Waals surface area contributed by atoms with Gasteiger partial charge in [0, 0.05) is 11.6 Å². The van der Waals surface area contributed by atoms with Crippen LogP contribution in [0.15, 0.2) is 30.5 Å². The smallest absolute Gasteiger partial charge is 0.305 e. The molecule has 5 heteroatoms. The lowest BCUT2D eigenvalue weighted by Crippen LogP contribution is -2.42. The van der Waals surface area contributed by atoms with E-state index in [-0.39, 0.29) is 6.42 Å². The van der Waals surface area contributed by atoms with Crippen LogP contribution in [0.25, 0.3) is 10.9 Å². The largest absolute Gasteiger partial charge is 0.481 e. The van der Waals surface area contributed by atoms with Gasteiger partial charge in [-0.2, -0.15) is 0 Å². The molecule has 0 radical (unpaired) electrons. The van der Waals surface area contributed by atoms with Gasteiger partial charge in [0.05, 0.1) is 17.5 Å². The Labute approximate surface area is 123 Å². The summed E-state index contributed by atoms with van der Waals surface area (Å²) < 4.78 is 0. The highest BCUT2D eigenvalue weighted by molar-refractivity contribution is 5.78. The number of aliphatic carboxylic acids is 1. The van der Waals surface area contributed by atoms with Gasteiger partial charge in [0.2, 0.25) is 5.95 Å². The van der Waals surface area contributed by atoms with E-state index < -0.39 is 11.5 Å². The molecule has 0 atom stereocenters. The second kappa shape index (κ2) is 5.68. The van der Waals surface area contributed by atoms with Crippen LogP contribution in [-0.2, 0) is 4.79 Å². The highest BCUT2D eigenvalue weighted by Gasteiger charge is 2.35. The predicted molar refractivity (Wildman–Crippen MR) is 81.2 cm³/mol. The SMILES string of the molecule is O=C(O)CC1(Nc2ncc3ccccc3n2)CCCCC1. The van der Waals surface area contributed by atoms with Gasteiger partial charge in [-0.1, -0.05) is 37.5 Å². The number of nitrogens with one attached hydrogen (secondary N) is 1. The predicted octanol–water partition coefficient (Wildman–Crippen LogP) is 3.22. The maximum atomic E-state index is 11.2. The first kappa shape index (κ1) is 13.8. The quantitative estimate of drug-likeness (QED) is 0.902. The number of hydrogen-bond acceptors (Lipinski definition) is 4. The molecule has 21 heavy (non-hydrogen) atoms. The number of carboxylic acids is 1. The average Bonchev–Trinajstić information content (AvgIpc) is 2.47. The first-order chi connectivity index (χ1) is 10.2. The minimum Gasteiger partial charge on any atom is -0.481 e. The van der Waals surface area contributed by atoms with E-state index in [0.29, 0.717) is 5.95 Å². The van der Waals surface area contributed by atoms with Crippen LogP contribution in [0.2, 0.25) is 0 Å². The molecule has 2 aromatic rings. The van der Waals surface area contributed by atoms with E-state index in [1.165, 1.54) is 6.42 Å². The molecule has 0 amide bonds.